The largest absolute Gasteiger partial charge is 0.463 e. The van der Waals surface area contributed by atoms with E-state index in [4.69, 9.17) is 9.47 Å². The minimum Gasteiger partial charge on any atom is -0.463 e. The van der Waals surface area contributed by atoms with Gasteiger partial charge in [-0.3, -0.25) is 4.79 Å². The number of alkyl halides is 6. The minimum atomic E-state index is -5.80. The fourth-order valence-electron chi connectivity index (χ4n) is 4.63. The zero-order valence-corrected chi connectivity index (χ0v) is 17.8. The number of ether oxygens (including phenoxy) is 3. The molecule has 0 spiro atoms. The summed E-state index contributed by atoms with van der Waals surface area (Å²) >= 11 is 0. The average Bonchev–Trinajstić information content (AvgIpc) is 2.61. The third kappa shape index (κ3) is 7.38. The molecule has 32 heavy (non-hydrogen) atoms. The van der Waals surface area contributed by atoms with Crippen LogP contribution in [0.5, 0.6) is 0 Å². The molecule has 2 unspecified atom stereocenters. The summed E-state index contributed by atoms with van der Waals surface area (Å²) < 4.78 is 90.2. The van der Waals surface area contributed by atoms with E-state index in [9.17, 15) is 35.9 Å². The average molecular weight is 474 g/mol. The Morgan fingerprint density at radius 1 is 1.00 bits per heavy atom. The van der Waals surface area contributed by atoms with Crippen LogP contribution >= 0.6 is 0 Å². The van der Waals surface area contributed by atoms with Gasteiger partial charge in [0.25, 0.3) is 0 Å². The third-order valence-electron chi connectivity index (χ3n) is 5.93. The molecule has 0 heterocycles. The standard InChI is InChI=1S/C21H28F6O5/c1-13(2)17(28)32-19(11-14-4-3-5-15(10-14)12-19)6-7-30-8-9-31-18(29)16(20(22,23)24)21(25,26)27/h14-16H,1,3-12H2,2H3. The molecule has 2 aliphatic carbocycles. The van der Waals surface area contributed by atoms with Crippen molar-refractivity contribution in [2.24, 2.45) is 17.8 Å². The van der Waals surface area contributed by atoms with E-state index in [1.807, 2.05) is 0 Å². The molecule has 5 nitrogen and oxygen atoms in total. The van der Waals surface area contributed by atoms with E-state index in [0.29, 0.717) is 31.1 Å². The SMILES string of the molecule is C=C(C)C(=O)OC1(CCOCCOC(=O)C(C(F)(F)F)C(F)(F)F)CC2CCCC(C2)C1. The summed E-state index contributed by atoms with van der Waals surface area (Å²) in [7, 11) is 0. The molecule has 0 aromatic carbocycles. The van der Waals surface area contributed by atoms with Crippen LogP contribution in [0.25, 0.3) is 0 Å². The van der Waals surface area contributed by atoms with E-state index in [-0.39, 0.29) is 18.8 Å². The van der Waals surface area contributed by atoms with Gasteiger partial charge in [0.2, 0.25) is 5.92 Å². The molecule has 0 amide bonds. The molecule has 0 aliphatic heterocycles. The molecule has 2 atom stereocenters. The van der Waals surface area contributed by atoms with Crippen molar-refractivity contribution in [1.29, 1.82) is 0 Å². The van der Waals surface area contributed by atoms with Crippen LogP contribution in [-0.2, 0) is 23.8 Å². The molecular formula is C21H28F6O5. The molecule has 0 aromatic rings. The summed E-state index contributed by atoms with van der Waals surface area (Å²) in [4.78, 5) is 23.4. The number of hydrogen-bond donors (Lipinski definition) is 0. The van der Waals surface area contributed by atoms with Crippen LogP contribution < -0.4 is 0 Å². The highest BCUT2D eigenvalue weighted by Crippen LogP contribution is 2.47. The van der Waals surface area contributed by atoms with Gasteiger partial charge in [0.05, 0.1) is 13.2 Å². The summed E-state index contributed by atoms with van der Waals surface area (Å²) in [6.45, 7) is 4.04. The lowest BCUT2D eigenvalue weighted by molar-refractivity contribution is -0.282. The molecule has 184 valence electrons. The second-order valence-corrected chi connectivity index (χ2v) is 8.71. The first kappa shape index (κ1) is 26.5. The van der Waals surface area contributed by atoms with Gasteiger partial charge < -0.3 is 14.2 Å². The second kappa shape index (κ2) is 10.4. The topological polar surface area (TPSA) is 61.8 Å². The zero-order valence-electron chi connectivity index (χ0n) is 17.8. The number of halogens is 6. The lowest BCUT2D eigenvalue weighted by Crippen LogP contribution is -2.45. The molecule has 2 saturated carbocycles. The van der Waals surface area contributed by atoms with Crippen LogP contribution in [0.2, 0.25) is 0 Å². The Bertz CT molecular complexity index is 661. The molecule has 2 bridgehead atoms. The lowest BCUT2D eigenvalue weighted by atomic mass is 9.65. The first-order chi connectivity index (χ1) is 14.7. The third-order valence-corrected chi connectivity index (χ3v) is 5.93. The fraction of sp³-hybridized carbons (Fsp3) is 0.810. The van der Waals surface area contributed by atoms with Crippen molar-refractivity contribution in [3.63, 3.8) is 0 Å². The van der Waals surface area contributed by atoms with E-state index in [1.54, 1.807) is 6.92 Å². The Kier molecular flexibility index (Phi) is 8.63. The molecule has 0 N–H and O–H groups in total. The molecule has 0 saturated heterocycles. The number of carbonyl (C=O) groups excluding carboxylic acids is 2. The Morgan fingerprint density at radius 3 is 2.06 bits per heavy atom. The number of carbonyl (C=O) groups is 2. The molecular weight excluding hydrogens is 446 g/mol. The summed E-state index contributed by atoms with van der Waals surface area (Å²) in [6.07, 6.45) is -5.66. The van der Waals surface area contributed by atoms with Gasteiger partial charge in [0, 0.05) is 12.0 Å². The van der Waals surface area contributed by atoms with Gasteiger partial charge in [0.15, 0.2) is 0 Å². The van der Waals surface area contributed by atoms with Gasteiger partial charge in [-0.25, -0.2) is 4.79 Å². The summed E-state index contributed by atoms with van der Waals surface area (Å²) in [5, 5.41) is 0. The predicted molar refractivity (Wildman–Crippen MR) is 100 cm³/mol. The zero-order chi connectivity index (χ0) is 24.2. The molecule has 2 fully saturated rings. The molecule has 2 aliphatic rings. The van der Waals surface area contributed by atoms with Crippen LogP contribution in [0.15, 0.2) is 12.2 Å². The van der Waals surface area contributed by atoms with Crippen molar-refractivity contribution < 1.29 is 50.1 Å². The van der Waals surface area contributed by atoms with Gasteiger partial charge in [-0.15, -0.1) is 0 Å². The number of fused-ring (bicyclic) bond motifs is 2. The van der Waals surface area contributed by atoms with Gasteiger partial charge in [-0.2, -0.15) is 26.3 Å². The smallest absolute Gasteiger partial charge is 0.411 e. The van der Waals surface area contributed by atoms with Crippen LogP contribution in [0.3, 0.4) is 0 Å². The Labute approximate surface area is 182 Å². The van der Waals surface area contributed by atoms with E-state index < -0.39 is 42.4 Å². The van der Waals surface area contributed by atoms with Gasteiger partial charge in [0.1, 0.15) is 12.2 Å². The quantitative estimate of drug-likeness (QED) is 0.201. The highest BCUT2D eigenvalue weighted by molar-refractivity contribution is 5.87. The van der Waals surface area contributed by atoms with Crippen molar-refractivity contribution in [3.8, 4) is 0 Å². The van der Waals surface area contributed by atoms with Crippen LogP contribution in [0.1, 0.15) is 51.9 Å². The van der Waals surface area contributed by atoms with E-state index in [2.05, 4.69) is 11.3 Å². The van der Waals surface area contributed by atoms with Gasteiger partial charge in [-0.05, 0) is 38.0 Å². The Hall–Kier alpha value is -1.78. The van der Waals surface area contributed by atoms with Crippen molar-refractivity contribution >= 4 is 11.9 Å². The molecule has 0 aromatic heterocycles. The van der Waals surface area contributed by atoms with Crippen molar-refractivity contribution in [1.82, 2.24) is 0 Å². The normalized spacial score (nSPS) is 26.0. The number of hydrogen-bond acceptors (Lipinski definition) is 5. The summed E-state index contributed by atoms with van der Waals surface area (Å²) in [5.41, 5.74) is -0.491. The Morgan fingerprint density at radius 2 is 1.56 bits per heavy atom. The minimum absolute atomic E-state index is 0.0441. The highest BCUT2D eigenvalue weighted by Gasteiger charge is 2.62. The van der Waals surface area contributed by atoms with E-state index in [0.717, 1.165) is 25.7 Å². The van der Waals surface area contributed by atoms with Crippen LogP contribution in [0.4, 0.5) is 26.3 Å². The van der Waals surface area contributed by atoms with Crippen LogP contribution in [0, 0.1) is 17.8 Å². The summed E-state index contributed by atoms with van der Waals surface area (Å²) in [5.74, 6) is -6.28. The fourth-order valence-corrected chi connectivity index (χ4v) is 4.63. The Balaban J connectivity index is 1.85. The van der Waals surface area contributed by atoms with Crippen molar-refractivity contribution in [3.05, 3.63) is 12.2 Å². The van der Waals surface area contributed by atoms with Crippen molar-refractivity contribution in [2.75, 3.05) is 19.8 Å². The first-order valence-electron chi connectivity index (χ1n) is 10.5. The van der Waals surface area contributed by atoms with Gasteiger partial charge in [-0.1, -0.05) is 25.8 Å². The lowest BCUT2D eigenvalue weighted by Gasteiger charge is -2.46. The number of rotatable bonds is 9. The predicted octanol–water partition coefficient (Wildman–Crippen LogP) is 5.14. The monoisotopic (exact) mass is 474 g/mol. The first-order valence-corrected chi connectivity index (χ1v) is 10.5. The maximum Gasteiger partial charge on any atom is 0.411 e. The van der Waals surface area contributed by atoms with Gasteiger partial charge >= 0.3 is 24.3 Å². The number of esters is 2. The van der Waals surface area contributed by atoms with Crippen LogP contribution in [-0.4, -0.2) is 49.7 Å². The molecule has 0 radical (unpaired) electrons. The maximum absolute atomic E-state index is 12.5. The highest BCUT2D eigenvalue weighted by atomic mass is 19.4. The summed E-state index contributed by atoms with van der Waals surface area (Å²) in [6, 6.07) is 0. The maximum atomic E-state index is 12.5. The van der Waals surface area contributed by atoms with E-state index in [1.165, 1.54) is 0 Å². The molecule has 11 heteroatoms. The van der Waals surface area contributed by atoms with E-state index >= 15 is 0 Å². The van der Waals surface area contributed by atoms with Crippen molar-refractivity contribution in [2.45, 2.75) is 69.8 Å². The molecule has 2 rings (SSSR count). The second-order valence-electron chi connectivity index (χ2n) is 8.71.